The van der Waals surface area contributed by atoms with Crippen molar-refractivity contribution in [2.24, 2.45) is 10.4 Å². The zero-order chi connectivity index (χ0) is 18.4. The Labute approximate surface area is 176 Å². The summed E-state index contributed by atoms with van der Waals surface area (Å²) in [6.07, 6.45) is 4.34. The van der Waals surface area contributed by atoms with Crippen LogP contribution in [0.25, 0.3) is 0 Å². The number of hydrogen-bond acceptors (Lipinski definition) is 3. The van der Waals surface area contributed by atoms with Crippen LogP contribution in [-0.4, -0.2) is 86.0 Å². The molecule has 2 aliphatic heterocycles. The first-order chi connectivity index (χ1) is 11.8. The highest BCUT2D eigenvalue weighted by atomic mass is 127. The second-order valence-corrected chi connectivity index (χ2v) is 8.35. The van der Waals surface area contributed by atoms with Crippen LogP contribution in [0.5, 0.6) is 0 Å². The van der Waals surface area contributed by atoms with Crippen LogP contribution in [0.1, 0.15) is 46.5 Å². The Morgan fingerprint density at radius 3 is 2.62 bits per heavy atom. The molecule has 2 saturated heterocycles. The van der Waals surface area contributed by atoms with Crippen LogP contribution in [-0.2, 0) is 4.79 Å². The molecule has 2 fully saturated rings. The molecule has 26 heavy (non-hydrogen) atoms. The van der Waals surface area contributed by atoms with Crippen LogP contribution < -0.4 is 5.32 Å². The van der Waals surface area contributed by atoms with Gasteiger partial charge in [-0.3, -0.25) is 14.7 Å². The Morgan fingerprint density at radius 2 is 2.04 bits per heavy atom. The standard InChI is InChI=1S/C19H37N5O.HI/c1-6-20-18(24-14-10-19(2,3)15-24)21-11-8-13-23-12-7-9-16(23)17(25)22(4)5;/h16H,6-15H2,1-5H3,(H,20,21);1H. The van der Waals surface area contributed by atoms with Gasteiger partial charge >= 0.3 is 0 Å². The minimum atomic E-state index is 0. The normalized spacial score (nSPS) is 23.0. The summed E-state index contributed by atoms with van der Waals surface area (Å²) in [5.41, 5.74) is 0.380. The van der Waals surface area contributed by atoms with E-state index in [9.17, 15) is 4.79 Å². The summed E-state index contributed by atoms with van der Waals surface area (Å²) in [5.74, 6) is 1.30. The molecule has 0 aliphatic carbocycles. The minimum absolute atomic E-state index is 0. The van der Waals surface area contributed by atoms with E-state index in [1.165, 1.54) is 6.42 Å². The van der Waals surface area contributed by atoms with Crippen molar-refractivity contribution in [2.45, 2.75) is 52.5 Å². The molecule has 0 spiro atoms. The molecule has 2 aliphatic rings. The number of halogens is 1. The summed E-state index contributed by atoms with van der Waals surface area (Å²) in [4.78, 5) is 23.5. The van der Waals surface area contributed by atoms with Crippen molar-refractivity contribution in [3.8, 4) is 0 Å². The third-order valence-corrected chi connectivity index (χ3v) is 5.27. The van der Waals surface area contributed by atoms with Gasteiger partial charge in [0.15, 0.2) is 5.96 Å². The van der Waals surface area contributed by atoms with Crippen molar-refractivity contribution < 1.29 is 4.79 Å². The molecular weight excluding hydrogens is 441 g/mol. The number of guanidine groups is 1. The molecule has 0 bridgehead atoms. The molecule has 1 atom stereocenters. The van der Waals surface area contributed by atoms with E-state index in [0.29, 0.717) is 5.41 Å². The van der Waals surface area contributed by atoms with E-state index in [2.05, 4.69) is 35.9 Å². The Bertz CT molecular complexity index is 481. The van der Waals surface area contributed by atoms with Crippen LogP contribution in [0.2, 0.25) is 0 Å². The van der Waals surface area contributed by atoms with Crippen LogP contribution in [0.15, 0.2) is 4.99 Å². The molecule has 152 valence electrons. The Balaban J connectivity index is 0.00000338. The van der Waals surface area contributed by atoms with Gasteiger partial charge in [0.1, 0.15) is 0 Å². The topological polar surface area (TPSA) is 51.2 Å². The molecule has 1 amide bonds. The third kappa shape index (κ3) is 6.55. The van der Waals surface area contributed by atoms with Crippen molar-refractivity contribution in [2.75, 3.05) is 53.4 Å². The highest BCUT2D eigenvalue weighted by Crippen LogP contribution is 2.28. The molecule has 0 aromatic rings. The van der Waals surface area contributed by atoms with E-state index in [1.54, 1.807) is 4.90 Å². The molecule has 2 rings (SSSR count). The summed E-state index contributed by atoms with van der Waals surface area (Å²) in [7, 11) is 3.70. The molecular formula is C19H38IN5O. The highest BCUT2D eigenvalue weighted by Gasteiger charge is 2.32. The van der Waals surface area contributed by atoms with Gasteiger partial charge in [-0.1, -0.05) is 13.8 Å². The molecule has 0 radical (unpaired) electrons. The predicted molar refractivity (Wildman–Crippen MR) is 119 cm³/mol. The van der Waals surface area contributed by atoms with Crippen molar-refractivity contribution in [1.29, 1.82) is 0 Å². The monoisotopic (exact) mass is 479 g/mol. The number of nitrogens with zero attached hydrogens (tertiary/aromatic N) is 4. The number of carbonyl (C=O) groups is 1. The van der Waals surface area contributed by atoms with Gasteiger partial charge in [-0.15, -0.1) is 24.0 Å². The Hall–Kier alpha value is -0.570. The lowest BCUT2D eigenvalue weighted by atomic mass is 9.93. The fourth-order valence-corrected chi connectivity index (χ4v) is 3.85. The zero-order valence-corrected chi connectivity index (χ0v) is 19.6. The van der Waals surface area contributed by atoms with Crippen LogP contribution in [0, 0.1) is 5.41 Å². The number of likely N-dealkylation sites (tertiary alicyclic amines) is 2. The first-order valence-corrected chi connectivity index (χ1v) is 9.82. The van der Waals surface area contributed by atoms with Gasteiger partial charge in [0.25, 0.3) is 0 Å². The van der Waals surface area contributed by atoms with Gasteiger partial charge in [-0.2, -0.15) is 0 Å². The lowest BCUT2D eigenvalue weighted by Crippen LogP contribution is -2.43. The van der Waals surface area contributed by atoms with Crippen molar-refractivity contribution in [1.82, 2.24) is 20.0 Å². The van der Waals surface area contributed by atoms with E-state index in [0.717, 1.165) is 64.5 Å². The maximum absolute atomic E-state index is 12.3. The second kappa shape index (κ2) is 10.7. The second-order valence-electron chi connectivity index (χ2n) is 8.35. The van der Waals surface area contributed by atoms with Crippen LogP contribution in [0.3, 0.4) is 0 Å². The van der Waals surface area contributed by atoms with Crippen LogP contribution in [0.4, 0.5) is 0 Å². The van der Waals surface area contributed by atoms with Crippen LogP contribution >= 0.6 is 24.0 Å². The van der Waals surface area contributed by atoms with Gasteiger partial charge < -0.3 is 15.1 Å². The number of rotatable bonds is 6. The fraction of sp³-hybridized carbons (Fsp3) is 0.895. The lowest BCUT2D eigenvalue weighted by Gasteiger charge is -2.26. The van der Waals surface area contributed by atoms with E-state index < -0.39 is 0 Å². The smallest absolute Gasteiger partial charge is 0.239 e. The van der Waals surface area contributed by atoms with Crippen molar-refractivity contribution in [3.63, 3.8) is 0 Å². The SMILES string of the molecule is CCNC(=NCCCN1CCCC1C(=O)N(C)C)N1CCC(C)(C)C1.I. The number of hydrogen-bond donors (Lipinski definition) is 1. The average molecular weight is 479 g/mol. The number of carbonyl (C=O) groups excluding carboxylic acids is 1. The zero-order valence-electron chi connectivity index (χ0n) is 17.3. The lowest BCUT2D eigenvalue weighted by molar-refractivity contribution is -0.133. The van der Waals surface area contributed by atoms with E-state index >= 15 is 0 Å². The van der Waals surface area contributed by atoms with E-state index in [-0.39, 0.29) is 35.9 Å². The average Bonchev–Trinajstić information content (AvgIpc) is 3.15. The molecule has 7 heteroatoms. The summed E-state index contributed by atoms with van der Waals surface area (Å²) < 4.78 is 0. The Morgan fingerprint density at radius 1 is 1.31 bits per heavy atom. The molecule has 0 aromatic heterocycles. The largest absolute Gasteiger partial charge is 0.357 e. The molecule has 2 heterocycles. The molecule has 6 nitrogen and oxygen atoms in total. The highest BCUT2D eigenvalue weighted by molar-refractivity contribution is 14.0. The fourth-order valence-electron chi connectivity index (χ4n) is 3.85. The van der Waals surface area contributed by atoms with Crippen molar-refractivity contribution >= 4 is 35.8 Å². The maximum Gasteiger partial charge on any atom is 0.239 e. The molecule has 1 N–H and O–H groups in total. The van der Waals surface area contributed by atoms with Gasteiger partial charge in [-0.25, -0.2) is 0 Å². The van der Waals surface area contributed by atoms with E-state index in [1.807, 2.05) is 14.1 Å². The van der Waals surface area contributed by atoms with Gasteiger partial charge in [0.05, 0.1) is 6.04 Å². The third-order valence-electron chi connectivity index (χ3n) is 5.27. The Kier molecular flexibility index (Phi) is 9.64. The summed E-state index contributed by atoms with van der Waals surface area (Å²) in [5, 5.41) is 3.43. The quantitative estimate of drug-likeness (QED) is 0.275. The first-order valence-electron chi connectivity index (χ1n) is 9.82. The molecule has 0 aromatic carbocycles. The number of nitrogens with one attached hydrogen (secondary N) is 1. The molecule has 1 unspecified atom stereocenters. The minimum Gasteiger partial charge on any atom is -0.357 e. The predicted octanol–water partition coefficient (Wildman–Crippen LogP) is 2.24. The summed E-state index contributed by atoms with van der Waals surface area (Å²) in [6.45, 7) is 12.7. The number of amides is 1. The van der Waals surface area contributed by atoms with E-state index in [4.69, 9.17) is 4.99 Å². The first kappa shape index (κ1) is 23.5. The number of likely N-dealkylation sites (N-methyl/N-ethyl adjacent to an activating group) is 1. The maximum atomic E-state index is 12.3. The molecule has 0 saturated carbocycles. The van der Waals surface area contributed by atoms with Crippen molar-refractivity contribution in [3.05, 3.63) is 0 Å². The van der Waals surface area contributed by atoms with Gasteiger partial charge in [-0.05, 0) is 44.6 Å². The van der Waals surface area contributed by atoms with Gasteiger partial charge in [0, 0.05) is 46.8 Å². The summed E-state index contributed by atoms with van der Waals surface area (Å²) >= 11 is 0. The van der Waals surface area contributed by atoms with Gasteiger partial charge in [0.2, 0.25) is 5.91 Å². The number of aliphatic imine (C=N–C) groups is 1. The summed E-state index contributed by atoms with van der Waals surface area (Å²) in [6, 6.07) is 0.0756.